The lowest BCUT2D eigenvalue weighted by molar-refractivity contribution is -0.130. The van der Waals surface area contributed by atoms with Crippen molar-refractivity contribution >= 4 is 5.91 Å². The largest absolute Gasteiger partial charge is 0.341 e. The summed E-state index contributed by atoms with van der Waals surface area (Å²) in [6, 6.07) is 1.26. The number of carbonyl (C=O) groups is 1. The second-order valence-corrected chi connectivity index (χ2v) is 5.31. The van der Waals surface area contributed by atoms with Gasteiger partial charge in [0.2, 0.25) is 5.91 Å². The number of rotatable bonds is 2. The molecule has 2 fully saturated rings. The molecule has 1 N–H and O–H groups in total. The first-order valence-corrected chi connectivity index (χ1v) is 6.77. The predicted octanol–water partition coefficient (Wildman–Crippen LogP) is 1.92. The van der Waals surface area contributed by atoms with E-state index in [0.717, 1.165) is 19.5 Å². The molecule has 1 saturated carbocycles. The molecule has 1 heterocycles. The van der Waals surface area contributed by atoms with Crippen LogP contribution in [0.2, 0.25) is 0 Å². The third-order valence-corrected chi connectivity index (χ3v) is 3.94. The molecule has 3 heteroatoms. The molecule has 16 heavy (non-hydrogen) atoms. The number of amides is 1. The van der Waals surface area contributed by atoms with Gasteiger partial charge in [-0.25, -0.2) is 0 Å². The number of hydrogen-bond donors (Lipinski definition) is 1. The zero-order chi connectivity index (χ0) is 11.4. The highest BCUT2D eigenvalue weighted by Crippen LogP contribution is 2.19. The number of hydrogen-bond acceptors (Lipinski definition) is 2. The van der Waals surface area contributed by atoms with E-state index in [2.05, 4.69) is 5.32 Å². The van der Waals surface area contributed by atoms with Crippen LogP contribution in [0.3, 0.4) is 0 Å². The second-order valence-electron chi connectivity index (χ2n) is 5.31. The third-order valence-electron chi connectivity index (χ3n) is 3.94. The first-order valence-electron chi connectivity index (χ1n) is 6.77. The first kappa shape index (κ1) is 11.9. The molecule has 1 aliphatic carbocycles. The fourth-order valence-electron chi connectivity index (χ4n) is 3.00. The quantitative estimate of drug-likeness (QED) is 0.777. The summed E-state index contributed by atoms with van der Waals surface area (Å²) >= 11 is 0. The molecule has 0 spiro atoms. The van der Waals surface area contributed by atoms with Crippen LogP contribution in [0.1, 0.15) is 51.9 Å². The van der Waals surface area contributed by atoms with Crippen LogP contribution in [0.15, 0.2) is 0 Å². The molecule has 0 bridgehead atoms. The van der Waals surface area contributed by atoms with Gasteiger partial charge in [0.15, 0.2) is 0 Å². The molecule has 2 aliphatic rings. The number of nitrogens with one attached hydrogen (secondary N) is 1. The predicted molar refractivity (Wildman–Crippen MR) is 65.3 cm³/mol. The fraction of sp³-hybridized carbons (Fsp3) is 0.923. The van der Waals surface area contributed by atoms with E-state index in [9.17, 15) is 4.79 Å². The van der Waals surface area contributed by atoms with Crippen LogP contribution < -0.4 is 5.32 Å². The van der Waals surface area contributed by atoms with Crippen molar-refractivity contribution in [1.29, 1.82) is 0 Å². The number of carbonyl (C=O) groups excluding carboxylic acids is 1. The van der Waals surface area contributed by atoms with Crippen LogP contribution in [0.5, 0.6) is 0 Å². The Bertz CT molecular complexity index is 236. The van der Waals surface area contributed by atoms with Crippen molar-refractivity contribution in [2.24, 2.45) is 0 Å². The molecule has 1 aliphatic heterocycles. The van der Waals surface area contributed by atoms with Crippen LogP contribution in [0.25, 0.3) is 0 Å². The van der Waals surface area contributed by atoms with E-state index in [-0.39, 0.29) is 5.91 Å². The van der Waals surface area contributed by atoms with E-state index in [1.165, 1.54) is 38.5 Å². The van der Waals surface area contributed by atoms with Gasteiger partial charge in [0.05, 0.1) is 0 Å². The Morgan fingerprint density at radius 2 is 1.75 bits per heavy atom. The second kappa shape index (κ2) is 5.67. The first-order chi connectivity index (χ1) is 7.75. The summed E-state index contributed by atoms with van der Waals surface area (Å²) in [5, 5.41) is 3.75. The van der Waals surface area contributed by atoms with Gasteiger partial charge in [-0.1, -0.05) is 19.3 Å². The minimum absolute atomic E-state index is 0.232. The molecule has 1 atom stereocenters. The van der Waals surface area contributed by atoms with Gasteiger partial charge < -0.3 is 10.2 Å². The minimum atomic E-state index is 0.232. The smallest absolute Gasteiger partial charge is 0.219 e. The lowest BCUT2D eigenvalue weighted by Gasteiger charge is -2.36. The Morgan fingerprint density at radius 1 is 1.06 bits per heavy atom. The third kappa shape index (κ3) is 3.21. The molecule has 0 aromatic carbocycles. The Morgan fingerprint density at radius 3 is 2.44 bits per heavy atom. The van der Waals surface area contributed by atoms with Crippen LogP contribution >= 0.6 is 0 Å². The highest BCUT2D eigenvalue weighted by atomic mass is 16.2. The average Bonchev–Trinajstić information content (AvgIpc) is 2.30. The maximum Gasteiger partial charge on any atom is 0.219 e. The van der Waals surface area contributed by atoms with E-state index in [1.54, 1.807) is 6.92 Å². The molecule has 2 rings (SSSR count). The van der Waals surface area contributed by atoms with Crippen molar-refractivity contribution in [2.75, 3.05) is 13.1 Å². The molecular formula is C13H24N2O. The maximum absolute atomic E-state index is 11.3. The van der Waals surface area contributed by atoms with E-state index >= 15 is 0 Å². The van der Waals surface area contributed by atoms with E-state index < -0.39 is 0 Å². The van der Waals surface area contributed by atoms with Crippen LogP contribution in [0, 0.1) is 0 Å². The van der Waals surface area contributed by atoms with Crippen LogP contribution in [-0.4, -0.2) is 36.0 Å². The highest BCUT2D eigenvalue weighted by Gasteiger charge is 2.24. The molecule has 0 aromatic heterocycles. The van der Waals surface area contributed by atoms with Gasteiger partial charge in [-0.2, -0.15) is 0 Å². The molecular weight excluding hydrogens is 200 g/mol. The number of nitrogens with zero attached hydrogens (tertiary/aromatic N) is 1. The van der Waals surface area contributed by atoms with Crippen LogP contribution in [0.4, 0.5) is 0 Å². The van der Waals surface area contributed by atoms with E-state index in [4.69, 9.17) is 0 Å². The molecule has 0 unspecified atom stereocenters. The van der Waals surface area contributed by atoms with Crippen molar-refractivity contribution in [1.82, 2.24) is 10.2 Å². The van der Waals surface area contributed by atoms with Crippen LogP contribution in [-0.2, 0) is 4.79 Å². The van der Waals surface area contributed by atoms with Gasteiger partial charge in [-0.15, -0.1) is 0 Å². The normalized spacial score (nSPS) is 28.1. The molecule has 92 valence electrons. The standard InChI is InChI=1S/C13H24N2O/c1-11(16)15-9-5-8-13(10-15)14-12-6-3-2-4-7-12/h12-14H,2-10H2,1H3/t13-/m0/s1. The Labute approximate surface area is 98.6 Å². The zero-order valence-corrected chi connectivity index (χ0v) is 10.4. The van der Waals surface area contributed by atoms with Gasteiger partial charge >= 0.3 is 0 Å². The summed E-state index contributed by atoms with van der Waals surface area (Å²) < 4.78 is 0. The Balaban J connectivity index is 1.78. The monoisotopic (exact) mass is 224 g/mol. The average molecular weight is 224 g/mol. The molecule has 1 saturated heterocycles. The summed E-state index contributed by atoms with van der Waals surface area (Å²) in [4.78, 5) is 13.3. The summed E-state index contributed by atoms with van der Waals surface area (Å²) in [7, 11) is 0. The Hall–Kier alpha value is -0.570. The summed E-state index contributed by atoms with van der Waals surface area (Å²) in [6.07, 6.45) is 9.21. The minimum Gasteiger partial charge on any atom is -0.341 e. The lowest BCUT2D eigenvalue weighted by Crippen LogP contribution is -2.50. The van der Waals surface area contributed by atoms with Gasteiger partial charge in [-0.3, -0.25) is 4.79 Å². The number of likely N-dealkylation sites (tertiary alicyclic amines) is 1. The molecule has 1 amide bonds. The van der Waals surface area contributed by atoms with E-state index in [0.29, 0.717) is 12.1 Å². The molecule has 0 aromatic rings. The van der Waals surface area contributed by atoms with Gasteiger partial charge in [-0.05, 0) is 25.7 Å². The lowest BCUT2D eigenvalue weighted by atomic mass is 9.94. The zero-order valence-electron chi connectivity index (χ0n) is 10.4. The molecule has 0 radical (unpaired) electrons. The highest BCUT2D eigenvalue weighted by molar-refractivity contribution is 5.73. The summed E-state index contributed by atoms with van der Waals surface area (Å²) in [6.45, 7) is 3.56. The summed E-state index contributed by atoms with van der Waals surface area (Å²) in [5.74, 6) is 0.232. The van der Waals surface area contributed by atoms with E-state index in [1.807, 2.05) is 4.90 Å². The van der Waals surface area contributed by atoms with Gasteiger partial charge in [0, 0.05) is 32.1 Å². The fourth-order valence-corrected chi connectivity index (χ4v) is 3.00. The van der Waals surface area contributed by atoms with Crippen molar-refractivity contribution < 1.29 is 4.79 Å². The summed E-state index contributed by atoms with van der Waals surface area (Å²) in [5.41, 5.74) is 0. The van der Waals surface area contributed by atoms with Gasteiger partial charge in [0.1, 0.15) is 0 Å². The van der Waals surface area contributed by atoms with Crippen molar-refractivity contribution in [3.8, 4) is 0 Å². The molecule has 3 nitrogen and oxygen atoms in total. The Kier molecular flexibility index (Phi) is 4.22. The topological polar surface area (TPSA) is 32.3 Å². The van der Waals surface area contributed by atoms with Crippen molar-refractivity contribution in [3.05, 3.63) is 0 Å². The van der Waals surface area contributed by atoms with Crippen molar-refractivity contribution in [3.63, 3.8) is 0 Å². The SMILES string of the molecule is CC(=O)N1CCC[C@H](NC2CCCCC2)C1. The van der Waals surface area contributed by atoms with Gasteiger partial charge in [0.25, 0.3) is 0 Å². The maximum atomic E-state index is 11.3. The number of piperidine rings is 1. The van der Waals surface area contributed by atoms with Crippen molar-refractivity contribution in [2.45, 2.75) is 64.0 Å².